The summed E-state index contributed by atoms with van der Waals surface area (Å²) in [4.78, 5) is 11.5. The Morgan fingerprint density at radius 3 is 2.97 bits per heavy atom. The lowest BCUT2D eigenvalue weighted by atomic mass is 9.98. The van der Waals surface area contributed by atoms with E-state index >= 15 is 0 Å². The van der Waals surface area contributed by atoms with Crippen LogP contribution in [0.15, 0.2) is 33.1 Å². The van der Waals surface area contributed by atoms with E-state index in [9.17, 15) is 0 Å². The molecule has 31 heavy (non-hydrogen) atoms. The van der Waals surface area contributed by atoms with Crippen LogP contribution in [0.5, 0.6) is 0 Å². The summed E-state index contributed by atoms with van der Waals surface area (Å²) in [6.07, 6.45) is 2.16. The molecule has 1 fully saturated rings. The minimum absolute atomic E-state index is 0.266. The number of hydrogen-bond donors (Lipinski definition) is 0. The van der Waals surface area contributed by atoms with Gasteiger partial charge in [0, 0.05) is 13.6 Å². The van der Waals surface area contributed by atoms with Crippen LogP contribution in [0.4, 0.5) is 0 Å². The van der Waals surface area contributed by atoms with Gasteiger partial charge in [0.05, 0.1) is 28.6 Å². The molecule has 1 aromatic carbocycles. The molecule has 1 aliphatic heterocycles. The molecule has 8 nitrogen and oxygen atoms in total. The Kier molecular flexibility index (Phi) is 5.91. The van der Waals surface area contributed by atoms with E-state index in [0.29, 0.717) is 12.5 Å². The number of aryl methyl sites for hydroxylation is 1. The van der Waals surface area contributed by atoms with Crippen molar-refractivity contribution in [1.82, 2.24) is 34.4 Å². The smallest absolute Gasteiger partial charge is 0.231 e. The third-order valence-corrected chi connectivity index (χ3v) is 8.12. The van der Waals surface area contributed by atoms with Crippen molar-refractivity contribution in [2.75, 3.05) is 13.1 Å². The van der Waals surface area contributed by atoms with Gasteiger partial charge in [-0.1, -0.05) is 29.1 Å². The molecule has 0 radical (unpaired) electrons. The predicted molar refractivity (Wildman–Crippen MR) is 124 cm³/mol. The lowest BCUT2D eigenvalue weighted by Gasteiger charge is -2.30. The SMILES string of the molecule is Cc1noc(C2CCCN(Cn3nc(CSc4nc5ccccc5s4)n(C)c3=S)C2)n1. The van der Waals surface area contributed by atoms with Crippen molar-refractivity contribution >= 4 is 45.5 Å². The summed E-state index contributed by atoms with van der Waals surface area (Å²) >= 11 is 9.09. The monoisotopic (exact) mass is 473 g/mol. The van der Waals surface area contributed by atoms with Crippen molar-refractivity contribution in [3.8, 4) is 0 Å². The molecule has 11 heteroatoms. The van der Waals surface area contributed by atoms with Gasteiger partial charge in [0.2, 0.25) is 5.89 Å². The Balaban J connectivity index is 1.26. The highest BCUT2D eigenvalue weighted by Gasteiger charge is 2.26. The Morgan fingerprint density at radius 1 is 1.29 bits per heavy atom. The fraction of sp³-hybridized carbons (Fsp3) is 0.450. The quantitative estimate of drug-likeness (QED) is 0.302. The highest BCUT2D eigenvalue weighted by molar-refractivity contribution is 8.00. The summed E-state index contributed by atoms with van der Waals surface area (Å²) in [5.41, 5.74) is 1.05. The number of thiazole rings is 1. The van der Waals surface area contributed by atoms with E-state index in [4.69, 9.17) is 26.8 Å². The van der Waals surface area contributed by atoms with Crippen molar-refractivity contribution in [2.45, 2.75) is 42.4 Å². The van der Waals surface area contributed by atoms with E-state index in [0.717, 1.165) is 58.0 Å². The number of piperidine rings is 1. The Labute approximate surface area is 193 Å². The van der Waals surface area contributed by atoms with Gasteiger partial charge in [0.1, 0.15) is 5.82 Å². The van der Waals surface area contributed by atoms with E-state index in [1.807, 2.05) is 41.4 Å². The molecule has 162 valence electrons. The molecule has 0 aliphatic carbocycles. The number of para-hydroxylation sites is 1. The van der Waals surface area contributed by atoms with Crippen LogP contribution in [-0.4, -0.2) is 47.5 Å². The number of likely N-dealkylation sites (tertiary alicyclic amines) is 1. The lowest BCUT2D eigenvalue weighted by Crippen LogP contribution is -2.36. The summed E-state index contributed by atoms with van der Waals surface area (Å²) in [6, 6.07) is 8.22. The van der Waals surface area contributed by atoms with E-state index in [-0.39, 0.29) is 5.92 Å². The van der Waals surface area contributed by atoms with E-state index < -0.39 is 0 Å². The number of nitrogens with zero attached hydrogens (tertiary/aromatic N) is 7. The molecule has 4 heterocycles. The van der Waals surface area contributed by atoms with Gasteiger partial charge >= 0.3 is 0 Å². The van der Waals surface area contributed by atoms with Gasteiger partial charge in [-0.05, 0) is 50.7 Å². The van der Waals surface area contributed by atoms with Crippen molar-refractivity contribution in [1.29, 1.82) is 0 Å². The summed E-state index contributed by atoms with van der Waals surface area (Å²) < 4.78 is 12.3. The van der Waals surface area contributed by atoms with Crippen LogP contribution < -0.4 is 0 Å². The predicted octanol–water partition coefficient (Wildman–Crippen LogP) is 4.38. The Bertz CT molecular complexity index is 1220. The summed E-state index contributed by atoms with van der Waals surface area (Å²) in [7, 11) is 1.99. The maximum absolute atomic E-state index is 5.67. The second kappa shape index (κ2) is 8.81. The average molecular weight is 474 g/mol. The van der Waals surface area contributed by atoms with Crippen LogP contribution in [0.2, 0.25) is 0 Å². The fourth-order valence-electron chi connectivity index (χ4n) is 3.84. The molecular weight excluding hydrogens is 450 g/mol. The second-order valence-electron chi connectivity index (χ2n) is 7.73. The van der Waals surface area contributed by atoms with Crippen LogP contribution in [0.1, 0.15) is 36.3 Å². The van der Waals surface area contributed by atoms with E-state index in [1.165, 1.54) is 4.70 Å². The van der Waals surface area contributed by atoms with Gasteiger partial charge in [0.15, 0.2) is 14.9 Å². The van der Waals surface area contributed by atoms with Crippen LogP contribution in [-0.2, 0) is 19.5 Å². The highest BCUT2D eigenvalue weighted by atomic mass is 32.2. The third kappa shape index (κ3) is 4.45. The van der Waals surface area contributed by atoms with Crippen molar-refractivity contribution in [2.24, 2.45) is 7.05 Å². The fourth-order valence-corrected chi connectivity index (χ4v) is 6.09. The number of rotatable bonds is 6. The summed E-state index contributed by atoms with van der Waals surface area (Å²) in [5.74, 6) is 3.38. The van der Waals surface area contributed by atoms with Crippen LogP contribution >= 0.6 is 35.3 Å². The lowest BCUT2D eigenvalue weighted by molar-refractivity contribution is 0.143. The normalized spacial score (nSPS) is 17.5. The zero-order valence-electron chi connectivity index (χ0n) is 17.4. The number of thioether (sulfide) groups is 1. The first-order valence-corrected chi connectivity index (χ1v) is 12.4. The number of fused-ring (bicyclic) bond motifs is 1. The first-order chi connectivity index (χ1) is 15.1. The number of benzene rings is 1. The highest BCUT2D eigenvalue weighted by Crippen LogP contribution is 2.31. The summed E-state index contributed by atoms with van der Waals surface area (Å²) in [6.45, 7) is 4.41. The molecule has 1 unspecified atom stereocenters. The largest absolute Gasteiger partial charge is 0.339 e. The molecule has 5 rings (SSSR count). The van der Waals surface area contributed by atoms with Gasteiger partial charge in [0.25, 0.3) is 0 Å². The van der Waals surface area contributed by atoms with E-state index in [2.05, 4.69) is 21.1 Å². The molecule has 1 saturated heterocycles. The molecule has 0 N–H and O–H groups in total. The minimum atomic E-state index is 0.266. The van der Waals surface area contributed by atoms with Gasteiger partial charge in [-0.3, -0.25) is 4.90 Å². The molecule has 0 amide bonds. The van der Waals surface area contributed by atoms with Gasteiger partial charge < -0.3 is 9.09 Å². The Hall–Kier alpha value is -2.08. The first-order valence-electron chi connectivity index (χ1n) is 10.2. The molecule has 0 spiro atoms. The van der Waals surface area contributed by atoms with Crippen LogP contribution in [0.3, 0.4) is 0 Å². The van der Waals surface area contributed by atoms with Gasteiger partial charge in [-0.15, -0.1) is 11.3 Å². The van der Waals surface area contributed by atoms with Crippen molar-refractivity contribution < 1.29 is 4.52 Å². The topological polar surface area (TPSA) is 77.8 Å². The van der Waals surface area contributed by atoms with Crippen LogP contribution in [0, 0.1) is 11.7 Å². The van der Waals surface area contributed by atoms with Crippen LogP contribution in [0.25, 0.3) is 10.2 Å². The molecule has 1 atom stereocenters. The molecule has 0 saturated carbocycles. The average Bonchev–Trinajstić information content (AvgIpc) is 3.46. The number of aromatic nitrogens is 6. The molecule has 0 bridgehead atoms. The molecule has 4 aromatic rings. The van der Waals surface area contributed by atoms with Crippen molar-refractivity contribution in [3.63, 3.8) is 0 Å². The Morgan fingerprint density at radius 2 is 2.16 bits per heavy atom. The minimum Gasteiger partial charge on any atom is -0.339 e. The first kappa shape index (κ1) is 20.8. The van der Waals surface area contributed by atoms with Gasteiger partial charge in [-0.2, -0.15) is 10.1 Å². The second-order valence-corrected chi connectivity index (χ2v) is 10.3. The maximum Gasteiger partial charge on any atom is 0.231 e. The van der Waals surface area contributed by atoms with Crippen molar-refractivity contribution in [3.05, 3.63) is 46.6 Å². The standard InChI is InChI=1S/C20H23N7OS3/c1-13-21-18(28-24-13)14-6-5-9-26(10-14)12-27-20(29)25(2)17(23-27)11-30-19-22-15-7-3-4-8-16(15)31-19/h3-4,7-8,14H,5-6,9-12H2,1-2H3. The number of hydrogen-bond acceptors (Lipinski definition) is 9. The third-order valence-electron chi connectivity index (χ3n) is 5.46. The maximum atomic E-state index is 5.67. The van der Waals surface area contributed by atoms with Gasteiger partial charge in [-0.25, -0.2) is 9.67 Å². The zero-order chi connectivity index (χ0) is 21.4. The molecular formula is C20H23N7OS3. The van der Waals surface area contributed by atoms with E-state index in [1.54, 1.807) is 23.1 Å². The molecule has 3 aromatic heterocycles. The zero-order valence-corrected chi connectivity index (χ0v) is 19.8. The molecule has 1 aliphatic rings. The summed E-state index contributed by atoms with van der Waals surface area (Å²) in [5, 5.41) is 8.75.